The van der Waals surface area contributed by atoms with Crippen LogP contribution in [0.3, 0.4) is 0 Å². The number of halogens is 1. The normalized spacial score (nSPS) is 12.4. The van der Waals surface area contributed by atoms with Crippen molar-refractivity contribution >= 4 is 50.7 Å². The maximum atomic E-state index is 12.6. The number of nitro groups is 1. The minimum Gasteiger partial charge on any atom is -0.497 e. The first-order valence-corrected chi connectivity index (χ1v) is 10.3. The van der Waals surface area contributed by atoms with E-state index in [2.05, 4.69) is 26.7 Å². The minimum atomic E-state index is -0.707. The Kier molecular flexibility index (Phi) is 5.80. The molecule has 0 aromatic heterocycles. The Morgan fingerprint density at radius 2 is 1.70 bits per heavy atom. The van der Waals surface area contributed by atoms with Crippen molar-refractivity contribution in [1.29, 1.82) is 0 Å². The average Bonchev–Trinajstić information content (AvgIpc) is 3.03. The number of hydrazine groups is 1. The molecule has 0 spiro atoms. The first kappa shape index (κ1) is 22.0. The first-order valence-electron chi connectivity index (χ1n) is 9.47. The Hall–Kier alpha value is -4.25. The predicted molar refractivity (Wildman–Crippen MR) is 122 cm³/mol. The molecule has 10 nitrogen and oxygen atoms in total. The van der Waals surface area contributed by atoms with Gasteiger partial charge in [0.15, 0.2) is 0 Å². The number of nitro benzene ring substituents is 1. The van der Waals surface area contributed by atoms with Crippen molar-refractivity contribution in [2.24, 2.45) is 0 Å². The van der Waals surface area contributed by atoms with Gasteiger partial charge >= 0.3 is 0 Å². The summed E-state index contributed by atoms with van der Waals surface area (Å²) in [5.74, 6) is -1.25. The molecule has 0 unspecified atom stereocenters. The molecule has 4 rings (SSSR count). The largest absolute Gasteiger partial charge is 0.497 e. The lowest BCUT2D eigenvalue weighted by Gasteiger charge is -2.16. The Balaban J connectivity index is 1.57. The number of imide groups is 1. The van der Waals surface area contributed by atoms with E-state index in [1.54, 1.807) is 30.3 Å². The van der Waals surface area contributed by atoms with Crippen LogP contribution in [-0.4, -0.2) is 34.8 Å². The van der Waals surface area contributed by atoms with Gasteiger partial charge in [-0.05, 0) is 54.6 Å². The van der Waals surface area contributed by atoms with Crippen molar-refractivity contribution in [3.05, 3.63) is 91.9 Å². The summed E-state index contributed by atoms with van der Waals surface area (Å²) < 4.78 is 5.67. The number of hydrogen-bond acceptors (Lipinski definition) is 7. The number of carbonyl (C=O) groups is 3. The van der Waals surface area contributed by atoms with Crippen LogP contribution in [0.5, 0.6) is 5.75 Å². The van der Waals surface area contributed by atoms with Crippen LogP contribution in [-0.2, 0) is 0 Å². The average molecular weight is 511 g/mol. The SMILES string of the molecule is COc1ccc(NC(=O)c2ccc(NN3C(=O)c4ccc(Br)cc4C3=O)c([N+](=O)[O-])c2)cc1. The van der Waals surface area contributed by atoms with Crippen LogP contribution in [0.15, 0.2) is 65.1 Å². The second kappa shape index (κ2) is 8.71. The molecule has 1 aliphatic rings. The van der Waals surface area contributed by atoms with Crippen LogP contribution >= 0.6 is 15.9 Å². The van der Waals surface area contributed by atoms with Crippen LogP contribution < -0.4 is 15.5 Å². The standard InChI is InChI=1S/C22H15BrN4O6/c1-33-15-6-4-14(5-7-15)24-20(28)12-2-9-18(19(10-12)27(31)32)25-26-21(29)16-8-3-13(23)11-17(16)22(26)30/h2-11,25H,1H3,(H,24,28). The van der Waals surface area contributed by atoms with E-state index in [4.69, 9.17) is 4.74 Å². The van der Waals surface area contributed by atoms with Gasteiger partial charge in [-0.1, -0.05) is 15.9 Å². The summed E-state index contributed by atoms with van der Waals surface area (Å²) in [5, 5.41) is 15.0. The van der Waals surface area contributed by atoms with Crippen molar-refractivity contribution in [1.82, 2.24) is 5.01 Å². The van der Waals surface area contributed by atoms with E-state index in [9.17, 15) is 24.5 Å². The van der Waals surface area contributed by atoms with E-state index >= 15 is 0 Å². The smallest absolute Gasteiger partial charge is 0.294 e. The van der Waals surface area contributed by atoms with Gasteiger partial charge in [0.1, 0.15) is 11.4 Å². The highest BCUT2D eigenvalue weighted by Crippen LogP contribution is 2.31. The Bertz CT molecular complexity index is 1310. The number of hydrogen-bond donors (Lipinski definition) is 2. The molecule has 0 bridgehead atoms. The third-order valence-electron chi connectivity index (χ3n) is 4.89. The summed E-state index contributed by atoms with van der Waals surface area (Å²) in [6.07, 6.45) is 0. The summed E-state index contributed by atoms with van der Waals surface area (Å²) >= 11 is 3.25. The fraction of sp³-hybridized carbons (Fsp3) is 0.0455. The molecule has 1 aliphatic heterocycles. The summed E-state index contributed by atoms with van der Waals surface area (Å²) in [6.45, 7) is 0. The topological polar surface area (TPSA) is 131 Å². The van der Waals surface area contributed by atoms with E-state index in [1.807, 2.05) is 0 Å². The number of fused-ring (bicyclic) bond motifs is 1. The fourth-order valence-corrected chi connectivity index (χ4v) is 3.59. The first-order chi connectivity index (χ1) is 15.8. The zero-order valence-electron chi connectivity index (χ0n) is 17.0. The number of ether oxygens (including phenoxy) is 1. The minimum absolute atomic E-state index is 0.0226. The molecule has 3 amide bonds. The maximum absolute atomic E-state index is 12.6. The lowest BCUT2D eigenvalue weighted by atomic mass is 10.1. The second-order valence-corrected chi connectivity index (χ2v) is 7.83. The van der Waals surface area contributed by atoms with Crippen molar-refractivity contribution in [2.75, 3.05) is 17.9 Å². The lowest BCUT2D eigenvalue weighted by Crippen LogP contribution is -2.35. The number of amides is 3. The van der Waals surface area contributed by atoms with Gasteiger partial charge in [-0.25, -0.2) is 0 Å². The van der Waals surface area contributed by atoms with Gasteiger partial charge in [0.25, 0.3) is 23.4 Å². The van der Waals surface area contributed by atoms with E-state index in [-0.39, 0.29) is 22.4 Å². The Morgan fingerprint density at radius 3 is 2.36 bits per heavy atom. The predicted octanol–water partition coefficient (Wildman–Crippen LogP) is 4.24. The van der Waals surface area contributed by atoms with E-state index in [1.165, 1.54) is 31.4 Å². The Labute approximate surface area is 195 Å². The van der Waals surface area contributed by atoms with Gasteiger partial charge < -0.3 is 10.1 Å². The van der Waals surface area contributed by atoms with Gasteiger partial charge in [-0.3, -0.25) is 29.9 Å². The Morgan fingerprint density at radius 1 is 1.00 bits per heavy atom. The summed E-state index contributed by atoms with van der Waals surface area (Å²) in [7, 11) is 1.52. The van der Waals surface area contributed by atoms with Gasteiger partial charge in [0.2, 0.25) is 0 Å². The highest BCUT2D eigenvalue weighted by Gasteiger charge is 2.37. The summed E-state index contributed by atoms with van der Waals surface area (Å²) in [4.78, 5) is 48.8. The van der Waals surface area contributed by atoms with Crippen molar-refractivity contribution < 1.29 is 24.0 Å². The zero-order valence-corrected chi connectivity index (χ0v) is 18.6. The third kappa shape index (κ3) is 4.26. The summed E-state index contributed by atoms with van der Waals surface area (Å²) in [5.41, 5.74) is 2.76. The molecular formula is C22H15BrN4O6. The van der Waals surface area contributed by atoms with Crippen molar-refractivity contribution in [3.63, 3.8) is 0 Å². The highest BCUT2D eigenvalue weighted by molar-refractivity contribution is 9.10. The molecule has 1 heterocycles. The number of rotatable bonds is 6. The molecule has 0 atom stereocenters. The molecule has 3 aromatic carbocycles. The second-order valence-electron chi connectivity index (χ2n) is 6.92. The van der Waals surface area contributed by atoms with Gasteiger partial charge in [0.05, 0.1) is 23.2 Å². The molecule has 0 saturated heterocycles. The molecular weight excluding hydrogens is 496 g/mol. The molecule has 3 aromatic rings. The molecule has 0 fully saturated rings. The maximum Gasteiger partial charge on any atom is 0.294 e. The molecule has 0 aliphatic carbocycles. The van der Waals surface area contributed by atoms with Crippen LogP contribution in [0.1, 0.15) is 31.1 Å². The van der Waals surface area contributed by atoms with Gasteiger partial charge in [-0.15, -0.1) is 0 Å². The van der Waals surface area contributed by atoms with E-state index in [0.29, 0.717) is 20.9 Å². The number of benzene rings is 3. The van der Waals surface area contributed by atoms with E-state index in [0.717, 1.165) is 6.07 Å². The highest BCUT2D eigenvalue weighted by atomic mass is 79.9. The quantitative estimate of drug-likeness (QED) is 0.288. The molecule has 11 heteroatoms. The lowest BCUT2D eigenvalue weighted by molar-refractivity contribution is -0.384. The number of methoxy groups -OCH3 is 1. The summed E-state index contributed by atoms with van der Waals surface area (Å²) in [6, 6.07) is 14.9. The van der Waals surface area contributed by atoms with E-state index < -0.39 is 28.3 Å². The molecule has 2 N–H and O–H groups in total. The van der Waals surface area contributed by atoms with Crippen molar-refractivity contribution in [3.8, 4) is 5.75 Å². The van der Waals surface area contributed by atoms with Crippen LogP contribution in [0.2, 0.25) is 0 Å². The van der Waals surface area contributed by atoms with Gasteiger partial charge in [-0.2, -0.15) is 5.01 Å². The van der Waals surface area contributed by atoms with Gasteiger partial charge in [0, 0.05) is 21.8 Å². The number of carbonyl (C=O) groups excluding carboxylic acids is 3. The molecule has 166 valence electrons. The van der Waals surface area contributed by atoms with Crippen LogP contribution in [0, 0.1) is 10.1 Å². The number of nitrogens with one attached hydrogen (secondary N) is 2. The zero-order chi connectivity index (χ0) is 23.7. The number of nitrogens with zero attached hydrogens (tertiary/aromatic N) is 2. The third-order valence-corrected chi connectivity index (χ3v) is 5.38. The fourth-order valence-electron chi connectivity index (χ4n) is 3.23. The monoisotopic (exact) mass is 510 g/mol. The molecule has 33 heavy (non-hydrogen) atoms. The molecule has 0 saturated carbocycles. The molecule has 0 radical (unpaired) electrons. The number of anilines is 2. The van der Waals surface area contributed by atoms with Crippen molar-refractivity contribution in [2.45, 2.75) is 0 Å². The van der Waals surface area contributed by atoms with Crippen LogP contribution in [0.4, 0.5) is 17.1 Å². The van der Waals surface area contributed by atoms with Crippen LogP contribution in [0.25, 0.3) is 0 Å².